The lowest BCUT2D eigenvalue weighted by molar-refractivity contribution is -0.137. The van der Waals surface area contributed by atoms with E-state index in [0.29, 0.717) is 29.2 Å². The molecule has 7 heteroatoms. The van der Waals surface area contributed by atoms with Crippen LogP contribution in [0.1, 0.15) is 38.4 Å². The summed E-state index contributed by atoms with van der Waals surface area (Å²) in [4.78, 5) is 29.9. The second kappa shape index (κ2) is 11.2. The summed E-state index contributed by atoms with van der Waals surface area (Å²) in [5.74, 6) is -0.490. The van der Waals surface area contributed by atoms with Crippen LogP contribution in [0.25, 0.3) is 5.65 Å². The summed E-state index contributed by atoms with van der Waals surface area (Å²) in [6, 6.07) is 26.4. The number of ether oxygens (including phenoxy) is 1. The number of ketones is 1. The van der Waals surface area contributed by atoms with Crippen molar-refractivity contribution in [3.05, 3.63) is 131 Å². The number of aryl methyl sites for hydroxylation is 2. The van der Waals surface area contributed by atoms with Gasteiger partial charge in [0.05, 0.1) is 11.4 Å². The van der Waals surface area contributed by atoms with Crippen LogP contribution in [0.15, 0.2) is 97.2 Å². The highest BCUT2D eigenvalue weighted by Gasteiger charge is 2.21. The minimum atomic E-state index is -1.00. The highest BCUT2D eigenvalue weighted by molar-refractivity contribution is 6.12. The number of carbonyl (C=O) groups excluding carboxylic acids is 1. The van der Waals surface area contributed by atoms with Gasteiger partial charge < -0.3 is 19.6 Å². The average Bonchev–Trinajstić information content (AvgIpc) is 3.28. The number of carboxylic acid groups (broad SMARTS) is 1. The number of fused-ring (bicyclic) bond motifs is 1. The minimum Gasteiger partial charge on any atom is -0.487 e. The summed E-state index contributed by atoms with van der Waals surface area (Å²) in [7, 11) is 0. The topological polar surface area (TPSA) is 92.9 Å². The monoisotopic (exact) mass is 519 g/mol. The van der Waals surface area contributed by atoms with E-state index in [9.17, 15) is 14.7 Å². The summed E-state index contributed by atoms with van der Waals surface area (Å²) in [5.41, 5.74) is 6.21. The normalized spacial score (nSPS) is 11.7. The van der Waals surface area contributed by atoms with E-state index in [4.69, 9.17) is 4.74 Å². The molecule has 0 amide bonds. The number of carbonyl (C=O) groups is 2. The Bertz CT molecular complexity index is 1630. The highest BCUT2D eigenvalue weighted by Crippen LogP contribution is 2.23. The van der Waals surface area contributed by atoms with Crippen molar-refractivity contribution in [1.29, 1.82) is 0 Å². The number of nitrogens with zero attached hydrogens (tertiary/aromatic N) is 2. The number of aromatic nitrogens is 2. The van der Waals surface area contributed by atoms with Crippen LogP contribution in [0.2, 0.25) is 0 Å². The maximum absolute atomic E-state index is 13.1. The number of anilines is 1. The average molecular weight is 520 g/mol. The maximum Gasteiger partial charge on any atom is 0.326 e. The number of nitrogens with one attached hydrogen (secondary N) is 1. The number of rotatable bonds is 10. The Morgan fingerprint density at radius 2 is 1.64 bits per heavy atom. The van der Waals surface area contributed by atoms with Crippen LogP contribution in [0.5, 0.6) is 5.75 Å². The van der Waals surface area contributed by atoms with Crippen molar-refractivity contribution in [2.75, 3.05) is 5.32 Å². The van der Waals surface area contributed by atoms with Crippen LogP contribution in [-0.2, 0) is 17.8 Å². The molecule has 5 rings (SSSR count). The van der Waals surface area contributed by atoms with Crippen molar-refractivity contribution in [2.24, 2.45) is 0 Å². The molecule has 0 aliphatic rings. The van der Waals surface area contributed by atoms with Crippen molar-refractivity contribution in [3.63, 3.8) is 0 Å². The SMILES string of the molecule is Cc1nc2c(C)cccn2c1COc1ccc(CC(Nc2ccccc2C(=O)c2ccccc2)C(=O)O)cc1. The Morgan fingerprint density at radius 1 is 0.923 bits per heavy atom. The van der Waals surface area contributed by atoms with Gasteiger partial charge in [-0.2, -0.15) is 0 Å². The molecular weight excluding hydrogens is 490 g/mol. The van der Waals surface area contributed by atoms with Gasteiger partial charge in [0.25, 0.3) is 0 Å². The molecule has 0 aliphatic heterocycles. The number of carboxylic acids is 1. The molecule has 2 N–H and O–H groups in total. The molecule has 2 aromatic heterocycles. The summed E-state index contributed by atoms with van der Waals surface area (Å²) in [5, 5.41) is 13.0. The fraction of sp³-hybridized carbons (Fsp3) is 0.156. The van der Waals surface area contributed by atoms with Gasteiger partial charge in [-0.25, -0.2) is 9.78 Å². The fourth-order valence-electron chi connectivity index (χ4n) is 4.59. The number of imidazole rings is 1. The predicted molar refractivity (Wildman–Crippen MR) is 151 cm³/mol. The number of hydrogen-bond donors (Lipinski definition) is 2. The molecule has 0 saturated carbocycles. The van der Waals surface area contributed by atoms with Crippen molar-refractivity contribution in [2.45, 2.75) is 32.9 Å². The molecule has 39 heavy (non-hydrogen) atoms. The van der Waals surface area contributed by atoms with E-state index in [1.807, 2.05) is 66.9 Å². The molecule has 0 radical (unpaired) electrons. The number of pyridine rings is 1. The Balaban J connectivity index is 1.27. The lowest BCUT2D eigenvalue weighted by Gasteiger charge is -2.18. The molecule has 196 valence electrons. The second-order valence-corrected chi connectivity index (χ2v) is 9.44. The smallest absolute Gasteiger partial charge is 0.326 e. The maximum atomic E-state index is 13.1. The van der Waals surface area contributed by atoms with Crippen LogP contribution in [0, 0.1) is 13.8 Å². The molecular formula is C32H29N3O4. The van der Waals surface area contributed by atoms with Crippen LogP contribution in [0.4, 0.5) is 5.69 Å². The van der Waals surface area contributed by atoms with E-state index in [1.54, 1.807) is 48.5 Å². The molecule has 3 aromatic carbocycles. The van der Waals surface area contributed by atoms with Crippen LogP contribution < -0.4 is 10.1 Å². The first-order chi connectivity index (χ1) is 18.9. The molecule has 7 nitrogen and oxygen atoms in total. The van der Waals surface area contributed by atoms with Gasteiger partial charge in [0.2, 0.25) is 0 Å². The molecule has 1 atom stereocenters. The number of benzene rings is 3. The summed E-state index contributed by atoms with van der Waals surface area (Å²) in [6.45, 7) is 4.37. The lowest BCUT2D eigenvalue weighted by Crippen LogP contribution is -2.32. The third kappa shape index (κ3) is 5.67. The van der Waals surface area contributed by atoms with Gasteiger partial charge in [0.1, 0.15) is 24.0 Å². The van der Waals surface area contributed by atoms with Gasteiger partial charge in [0, 0.05) is 29.4 Å². The number of hydrogen-bond acceptors (Lipinski definition) is 5. The molecule has 5 aromatic rings. The van der Waals surface area contributed by atoms with Gasteiger partial charge >= 0.3 is 5.97 Å². The molecule has 0 saturated heterocycles. The Kier molecular flexibility index (Phi) is 7.41. The van der Waals surface area contributed by atoms with E-state index in [1.165, 1.54) is 0 Å². The van der Waals surface area contributed by atoms with Crippen molar-refractivity contribution in [1.82, 2.24) is 9.38 Å². The van der Waals surface area contributed by atoms with Crippen LogP contribution in [-0.4, -0.2) is 32.3 Å². The zero-order valence-electron chi connectivity index (χ0n) is 21.8. The van der Waals surface area contributed by atoms with E-state index < -0.39 is 12.0 Å². The minimum absolute atomic E-state index is 0.166. The third-order valence-corrected chi connectivity index (χ3v) is 6.72. The quantitative estimate of drug-likeness (QED) is 0.224. The zero-order valence-corrected chi connectivity index (χ0v) is 21.8. The van der Waals surface area contributed by atoms with Crippen LogP contribution in [0.3, 0.4) is 0 Å². The number of aliphatic carboxylic acids is 1. The third-order valence-electron chi connectivity index (χ3n) is 6.72. The summed E-state index contributed by atoms with van der Waals surface area (Å²) < 4.78 is 8.08. The number of para-hydroxylation sites is 1. The molecule has 0 bridgehead atoms. The lowest BCUT2D eigenvalue weighted by atomic mass is 10.00. The van der Waals surface area contributed by atoms with Gasteiger partial charge in [-0.3, -0.25) is 4.79 Å². The van der Waals surface area contributed by atoms with Gasteiger partial charge in [0.15, 0.2) is 5.78 Å². The van der Waals surface area contributed by atoms with E-state index in [2.05, 4.69) is 10.3 Å². The first-order valence-electron chi connectivity index (χ1n) is 12.7. The van der Waals surface area contributed by atoms with Gasteiger partial charge in [-0.15, -0.1) is 0 Å². The molecule has 1 unspecified atom stereocenters. The van der Waals surface area contributed by atoms with Crippen molar-refractivity contribution in [3.8, 4) is 5.75 Å². The fourth-order valence-corrected chi connectivity index (χ4v) is 4.59. The molecule has 2 heterocycles. The van der Waals surface area contributed by atoms with Crippen molar-refractivity contribution >= 4 is 23.1 Å². The Labute approximate surface area is 226 Å². The molecule has 0 fully saturated rings. The Hall–Kier alpha value is -4.91. The zero-order chi connectivity index (χ0) is 27.4. The largest absolute Gasteiger partial charge is 0.487 e. The van der Waals surface area contributed by atoms with E-state index >= 15 is 0 Å². The second-order valence-electron chi connectivity index (χ2n) is 9.44. The van der Waals surface area contributed by atoms with E-state index in [-0.39, 0.29) is 12.2 Å². The molecule has 0 aliphatic carbocycles. The van der Waals surface area contributed by atoms with Gasteiger partial charge in [-0.05, 0) is 55.3 Å². The summed E-state index contributed by atoms with van der Waals surface area (Å²) >= 11 is 0. The summed E-state index contributed by atoms with van der Waals surface area (Å²) in [6.07, 6.45) is 2.21. The highest BCUT2D eigenvalue weighted by atomic mass is 16.5. The first kappa shape index (κ1) is 25.7. The van der Waals surface area contributed by atoms with Crippen LogP contribution >= 0.6 is 0 Å². The first-order valence-corrected chi connectivity index (χ1v) is 12.7. The Morgan fingerprint density at radius 3 is 2.38 bits per heavy atom. The van der Waals surface area contributed by atoms with Crippen molar-refractivity contribution < 1.29 is 19.4 Å². The van der Waals surface area contributed by atoms with Gasteiger partial charge in [-0.1, -0.05) is 60.7 Å². The predicted octanol–water partition coefficient (Wildman–Crippen LogP) is 5.87. The standard InChI is InChI=1S/C32H29N3O4/c1-21-9-8-18-35-29(22(2)33-31(21)35)20-39-25-16-14-23(15-17-25)19-28(32(37)38)34-27-13-7-6-12-26(27)30(36)24-10-4-3-5-11-24/h3-18,28,34H,19-20H2,1-2H3,(H,37,38). The molecule has 0 spiro atoms. The van der Waals surface area contributed by atoms with E-state index in [0.717, 1.165) is 28.2 Å².